The standard InChI is InChI=1S/C90H123N21O23S/c1-10-71(115)99-60(41-55-44-95-58-27-18-17-26-57(55)58)79(124)102-63(43-75(120)121)85(130)111-37-21-30-66(111)87(132)106(6)51(4)77(122)101-61(42-74(118)119)80(125)104-76(50(2)3)89(134)109(9)69(48-112)81(126)97-46-72(116)98-59(28-19-35-94-90(92)93)83(128)107(7)67(39-52-22-13-11-14-23-52)86(131)105(5)47-73(117)100-62(38-54-31-33-56(113)34-32-54)84(129)108(8)68(40-53-24-15-12-16-25-53)88(133)110-36-20-29-65(110)82(127)103-64(49-135)78(123)96-45-70(91)114/h11-18,22-27,31-34,44,50-51,59-69,76,95,112-113,135H,10,19-21,28-30,35-43,45-49H2,1-9H3,(H2,91,114)(H,96,123)(H,97,126)(H,98,116)(H,99,115)(H,100,117)(H,101,122)(H,102,124)(H,103,127)(H,104,125)(H,118,119)(H,120,121)(H4,92,93,94)/t51-,59-,60+,61-,62-,63-,64-,65-,66-,67-,68-,69-,76-/m0/s1. The number of nitrogens with one attached hydrogen (secondary N) is 12. The predicted molar refractivity (Wildman–Crippen MR) is 492 cm³/mol. The van der Waals surface area contributed by atoms with Gasteiger partial charge in [-0.2, -0.15) is 12.6 Å². The van der Waals surface area contributed by atoms with E-state index in [0.29, 0.717) is 28.7 Å². The van der Waals surface area contributed by atoms with Crippen LogP contribution >= 0.6 is 12.6 Å². The van der Waals surface area contributed by atoms with Gasteiger partial charge in [0, 0.05) is 110 Å². The molecule has 4 aromatic carbocycles. The SMILES string of the molecule is CCC(=O)N[C@H](Cc1c[nH]c2ccccc12)C(=O)N[C@@H](CC(=O)O)C(=O)N1CCC[C@H]1C(=O)N(C)[C@@H](C)C(=O)N[C@@H](CC(=O)O)C(=O)N[C@H](C(=O)N(C)[C@@H](CO)C(=O)NCC(=O)N[C@@H](CCCNC(=N)N)C(=O)N(C)[C@@H](Cc1ccccc1)C(=O)N(C)CC(=O)N[C@@H](Cc1ccc(O)cc1)C(=O)N(C)[C@@H](Cc1ccccc1)C(=O)N1CCC[C@H]1C(=O)N[C@@H](CS)C(=O)NCC(N)=O)C(C)C. The van der Waals surface area contributed by atoms with E-state index in [4.69, 9.17) is 16.9 Å². The Hall–Kier alpha value is -14.3. The summed E-state index contributed by atoms with van der Waals surface area (Å²) in [6, 6.07) is 10.4. The van der Waals surface area contributed by atoms with E-state index in [0.717, 1.165) is 47.4 Å². The van der Waals surface area contributed by atoms with E-state index in [-0.39, 0.29) is 95.3 Å². The number of nitrogens with two attached hydrogens (primary N) is 2. The first-order valence-electron chi connectivity index (χ1n) is 44.0. The number of benzene rings is 4. The molecule has 0 aliphatic carbocycles. The molecular formula is C90H123N21O23S. The second-order valence-corrected chi connectivity index (χ2v) is 33.8. The number of primary amides is 1. The van der Waals surface area contributed by atoms with Crippen molar-refractivity contribution >= 4 is 142 Å². The van der Waals surface area contributed by atoms with Crippen LogP contribution in [0.3, 0.4) is 0 Å². The zero-order valence-electron chi connectivity index (χ0n) is 76.7. The molecule has 7 rings (SSSR count). The number of likely N-dealkylation sites (tertiary alicyclic amines) is 2. The molecule has 0 bridgehead atoms. The zero-order valence-corrected chi connectivity index (χ0v) is 77.6. The highest BCUT2D eigenvalue weighted by Gasteiger charge is 2.46. The van der Waals surface area contributed by atoms with Crippen LogP contribution in [0.15, 0.2) is 115 Å². The number of phenols is 1. The Bertz CT molecular complexity index is 5090. The largest absolute Gasteiger partial charge is 0.508 e. The number of aromatic hydroxyl groups is 1. The Morgan fingerprint density at radius 3 is 1.62 bits per heavy atom. The minimum atomic E-state index is -1.96. The third-order valence-corrected chi connectivity index (χ3v) is 23.7. The van der Waals surface area contributed by atoms with E-state index >= 15 is 19.2 Å². The van der Waals surface area contributed by atoms with Gasteiger partial charge in [-0.05, 0) is 91.8 Å². The third-order valence-electron chi connectivity index (χ3n) is 23.4. The molecule has 45 heteroatoms. The molecule has 44 nitrogen and oxygen atoms in total. The summed E-state index contributed by atoms with van der Waals surface area (Å²) >= 11 is 4.21. The molecule has 0 spiro atoms. The first-order valence-corrected chi connectivity index (χ1v) is 44.6. The van der Waals surface area contributed by atoms with Crippen molar-refractivity contribution in [3.63, 3.8) is 0 Å². The van der Waals surface area contributed by atoms with Gasteiger partial charge < -0.3 is 124 Å². The number of H-pyrrole nitrogens is 1. The van der Waals surface area contributed by atoms with Crippen molar-refractivity contribution in [1.82, 2.24) is 92.5 Å². The summed E-state index contributed by atoms with van der Waals surface area (Å²) in [6.07, 6.45) is -0.447. The van der Waals surface area contributed by atoms with Crippen molar-refractivity contribution in [3.8, 4) is 5.75 Å². The zero-order chi connectivity index (χ0) is 99.8. The lowest BCUT2D eigenvalue weighted by molar-refractivity contribution is -0.150. The summed E-state index contributed by atoms with van der Waals surface area (Å²) in [5.41, 5.74) is 13.7. The number of guanidine groups is 1. The number of carbonyl (C=O) groups excluding carboxylic acids is 17. The van der Waals surface area contributed by atoms with E-state index in [1.165, 1.54) is 78.1 Å². The number of aromatic amines is 1. The Kier molecular flexibility index (Phi) is 41.2. The summed E-state index contributed by atoms with van der Waals surface area (Å²) in [4.78, 5) is 275. The number of rotatable bonds is 50. The number of nitrogens with zero attached hydrogens (tertiary/aromatic N) is 7. The van der Waals surface area contributed by atoms with Gasteiger partial charge >= 0.3 is 11.9 Å². The fourth-order valence-electron chi connectivity index (χ4n) is 15.6. The van der Waals surface area contributed by atoms with Crippen LogP contribution in [0.5, 0.6) is 5.75 Å². The molecule has 2 aliphatic heterocycles. The summed E-state index contributed by atoms with van der Waals surface area (Å²) in [7, 11) is 6.13. The number of carboxylic acid groups (broad SMARTS) is 2. The number of aliphatic hydroxyl groups excluding tert-OH is 1. The maximum atomic E-state index is 15.3. The molecule has 2 saturated heterocycles. The topological polar surface area (TPSA) is 640 Å². The molecular weight excluding hydrogens is 1780 g/mol. The van der Waals surface area contributed by atoms with Crippen LogP contribution in [0.25, 0.3) is 10.9 Å². The van der Waals surface area contributed by atoms with Crippen molar-refractivity contribution in [3.05, 3.63) is 138 Å². The number of hydrogen-bond acceptors (Lipinski definition) is 23. The summed E-state index contributed by atoms with van der Waals surface area (Å²) in [5, 5.41) is 74.4. The van der Waals surface area contributed by atoms with Crippen LogP contribution in [-0.4, -0.2) is 343 Å². The number of amides is 17. The number of thiol groups is 1. The first-order chi connectivity index (χ1) is 64.0. The minimum absolute atomic E-state index is 0.00633. The van der Waals surface area contributed by atoms with Crippen LogP contribution in [0.4, 0.5) is 0 Å². The number of aromatic nitrogens is 1. The van der Waals surface area contributed by atoms with E-state index in [1.807, 2.05) is 0 Å². The van der Waals surface area contributed by atoms with Gasteiger partial charge in [0.05, 0.1) is 39.1 Å². The molecule has 5 aromatic rings. The van der Waals surface area contributed by atoms with Crippen LogP contribution in [0.1, 0.15) is 108 Å². The highest BCUT2D eigenvalue weighted by molar-refractivity contribution is 7.80. The average Bonchev–Trinajstić information content (AvgIpc) is 1.72. The normalized spacial score (nSPS) is 15.8. The van der Waals surface area contributed by atoms with Gasteiger partial charge in [-0.15, -0.1) is 0 Å². The lowest BCUT2D eigenvalue weighted by Gasteiger charge is -2.35. The van der Waals surface area contributed by atoms with Gasteiger partial charge in [-0.25, -0.2) is 0 Å². The van der Waals surface area contributed by atoms with Crippen LogP contribution in [0.2, 0.25) is 0 Å². The molecule has 13 atom stereocenters. The van der Waals surface area contributed by atoms with Gasteiger partial charge in [-0.3, -0.25) is 96.5 Å². The molecule has 0 radical (unpaired) electrons. The Morgan fingerprint density at radius 2 is 1.04 bits per heavy atom. The first kappa shape index (κ1) is 108. The Morgan fingerprint density at radius 1 is 0.511 bits per heavy atom. The maximum absolute atomic E-state index is 15.3. The van der Waals surface area contributed by atoms with Gasteiger partial charge in [0.25, 0.3) is 0 Å². The second kappa shape index (κ2) is 51.7. The predicted octanol–water partition coefficient (Wildman–Crippen LogP) is -3.78. The number of phenolic OH excluding ortho intramolecular Hbond substituents is 1. The van der Waals surface area contributed by atoms with Crippen molar-refractivity contribution in [2.75, 3.05) is 86.9 Å². The lowest BCUT2D eigenvalue weighted by atomic mass is 10.00. The molecule has 0 saturated carbocycles. The number of likely N-dealkylation sites (N-methyl/N-ethyl adjacent to an activating group) is 5. The summed E-state index contributed by atoms with van der Waals surface area (Å²) < 4.78 is 0. The van der Waals surface area contributed by atoms with E-state index in [1.54, 1.807) is 98.0 Å². The molecule has 2 aliphatic rings. The minimum Gasteiger partial charge on any atom is -0.508 e. The molecule has 1 aromatic heterocycles. The number of para-hydroxylation sites is 1. The van der Waals surface area contributed by atoms with Crippen LogP contribution in [0, 0.1) is 11.3 Å². The molecule has 3 heterocycles. The smallest absolute Gasteiger partial charge is 0.305 e. The molecule has 20 N–H and O–H groups in total. The van der Waals surface area contributed by atoms with Gasteiger partial charge in [0.1, 0.15) is 84.3 Å². The van der Waals surface area contributed by atoms with Crippen molar-refractivity contribution in [2.24, 2.45) is 17.4 Å². The van der Waals surface area contributed by atoms with E-state index in [2.05, 4.69) is 70.8 Å². The molecule has 732 valence electrons. The lowest BCUT2D eigenvalue weighted by Crippen LogP contribution is -2.61. The number of carboxylic acids is 2. The third kappa shape index (κ3) is 31.2. The monoisotopic (exact) mass is 1900 g/mol. The van der Waals surface area contributed by atoms with Crippen molar-refractivity contribution < 1.29 is 112 Å². The van der Waals surface area contributed by atoms with Gasteiger partial charge in [-0.1, -0.05) is 112 Å². The van der Waals surface area contributed by atoms with E-state index in [9.17, 15) is 92.3 Å². The number of hydrogen-bond donors (Lipinski definition) is 19. The van der Waals surface area contributed by atoms with Crippen molar-refractivity contribution in [2.45, 2.75) is 190 Å². The van der Waals surface area contributed by atoms with Crippen LogP contribution in [-0.2, 0) is 117 Å². The summed E-state index contributed by atoms with van der Waals surface area (Å²) in [6.45, 7) is 2.33. The molecule has 135 heavy (non-hydrogen) atoms. The fourth-order valence-corrected chi connectivity index (χ4v) is 15.9. The molecule has 17 amide bonds. The Labute approximate surface area is 784 Å². The fraction of sp³-hybridized carbons (Fsp3) is 0.489. The van der Waals surface area contributed by atoms with E-state index < -0.39 is 242 Å². The number of fused-ring (bicyclic) bond motifs is 1. The summed E-state index contributed by atoms with van der Waals surface area (Å²) in [5.74, 6) is -19.9. The average molecular weight is 1900 g/mol. The van der Waals surface area contributed by atoms with Crippen molar-refractivity contribution in [1.29, 1.82) is 5.41 Å². The number of aliphatic carboxylic acids is 2. The maximum Gasteiger partial charge on any atom is 0.305 e. The highest BCUT2D eigenvalue weighted by atomic mass is 32.1. The van der Waals surface area contributed by atoms with Crippen LogP contribution < -0.4 is 64.6 Å². The second-order valence-electron chi connectivity index (χ2n) is 33.5. The molecule has 0 unspecified atom stereocenters. The van der Waals surface area contributed by atoms with Gasteiger partial charge in [0.15, 0.2) is 5.96 Å². The number of carbonyl (C=O) groups is 19. The highest BCUT2D eigenvalue weighted by Crippen LogP contribution is 2.27. The van der Waals surface area contributed by atoms with Gasteiger partial charge in [0.2, 0.25) is 100 Å². The number of aliphatic hydroxyl groups is 1. The Balaban J connectivity index is 1.02. The quantitative estimate of drug-likeness (QED) is 0.00769. The molecule has 2 fully saturated rings.